The van der Waals surface area contributed by atoms with Crippen LogP contribution >= 0.6 is 22.7 Å². The number of amides is 3. The minimum Gasteiger partial charge on any atom is -0.481 e. The van der Waals surface area contributed by atoms with Gasteiger partial charge in [0.1, 0.15) is 16.7 Å². The third-order valence-electron chi connectivity index (χ3n) is 9.66. The Bertz CT molecular complexity index is 1460. The zero-order valence-corrected chi connectivity index (χ0v) is 31.6. The van der Waals surface area contributed by atoms with Crippen LogP contribution in [0.5, 0.6) is 0 Å². The Labute approximate surface area is 302 Å². The number of aromatic nitrogens is 2. The summed E-state index contributed by atoms with van der Waals surface area (Å²) >= 11 is 2.61. The molecule has 2 aliphatic rings. The van der Waals surface area contributed by atoms with Gasteiger partial charge in [-0.1, -0.05) is 40.0 Å². The van der Waals surface area contributed by atoms with Crippen LogP contribution in [-0.4, -0.2) is 99.3 Å². The van der Waals surface area contributed by atoms with E-state index >= 15 is 0 Å². The molecule has 4 rings (SSSR count). The van der Waals surface area contributed by atoms with Crippen LogP contribution in [0.15, 0.2) is 17.0 Å². The lowest BCUT2D eigenvalue weighted by molar-refractivity contribution is -0.149. The first-order chi connectivity index (χ1) is 23.7. The molecule has 0 aromatic carbocycles. The van der Waals surface area contributed by atoms with Crippen molar-refractivity contribution in [1.29, 1.82) is 0 Å². The number of nitrogens with one attached hydrogen (secondary N) is 2. The molecule has 13 nitrogen and oxygen atoms in total. The predicted molar refractivity (Wildman–Crippen MR) is 191 cm³/mol. The van der Waals surface area contributed by atoms with Gasteiger partial charge in [0.2, 0.25) is 11.8 Å². The highest BCUT2D eigenvalue weighted by molar-refractivity contribution is 7.10. The summed E-state index contributed by atoms with van der Waals surface area (Å²) in [6.07, 6.45) is 7.14. The first kappa shape index (κ1) is 39.4. The molecule has 2 aromatic heterocycles. The maximum Gasteiger partial charge on any atom is 0.306 e. The summed E-state index contributed by atoms with van der Waals surface area (Å²) < 4.78 is 5.75. The van der Waals surface area contributed by atoms with Gasteiger partial charge in [0.05, 0.1) is 17.0 Å². The number of carboxylic acid groups (broad SMARTS) is 1. The summed E-state index contributed by atoms with van der Waals surface area (Å²) in [5.41, 5.74) is 0.125. The van der Waals surface area contributed by atoms with Crippen molar-refractivity contribution < 1.29 is 33.8 Å². The largest absolute Gasteiger partial charge is 0.481 e. The summed E-state index contributed by atoms with van der Waals surface area (Å²) in [6.45, 7) is 7.74. The van der Waals surface area contributed by atoms with Crippen LogP contribution in [0.4, 0.5) is 0 Å². The van der Waals surface area contributed by atoms with E-state index in [1.165, 1.54) is 29.6 Å². The van der Waals surface area contributed by atoms with E-state index in [0.29, 0.717) is 23.8 Å². The number of carbonyl (C=O) groups excluding carboxylic acids is 4. The molecule has 0 unspecified atom stereocenters. The second kappa shape index (κ2) is 18.2. The molecule has 1 aliphatic heterocycles. The van der Waals surface area contributed by atoms with E-state index in [4.69, 9.17) is 4.74 Å². The fraction of sp³-hybridized carbons (Fsp3) is 0.686. The second-order valence-corrected chi connectivity index (χ2v) is 16.0. The topological polar surface area (TPSA) is 171 Å². The molecule has 2 aromatic rings. The fourth-order valence-electron chi connectivity index (χ4n) is 6.57. The first-order valence-corrected chi connectivity index (χ1v) is 19.3. The van der Waals surface area contributed by atoms with E-state index in [1.54, 1.807) is 30.4 Å². The van der Waals surface area contributed by atoms with Crippen molar-refractivity contribution >= 4 is 52.3 Å². The summed E-state index contributed by atoms with van der Waals surface area (Å²) in [6, 6.07) is -1.76. The number of piperidine rings is 1. The smallest absolute Gasteiger partial charge is 0.306 e. The van der Waals surface area contributed by atoms with Crippen molar-refractivity contribution in [2.75, 3.05) is 20.6 Å². The van der Waals surface area contributed by atoms with E-state index in [2.05, 4.69) is 25.5 Å². The normalized spacial score (nSPS) is 19.5. The minimum absolute atomic E-state index is 0.0330. The lowest BCUT2D eigenvalue weighted by atomic mass is 9.95. The lowest BCUT2D eigenvalue weighted by Crippen LogP contribution is -2.56. The summed E-state index contributed by atoms with van der Waals surface area (Å²) in [5, 5.41) is 20.1. The van der Waals surface area contributed by atoms with Crippen LogP contribution < -0.4 is 10.6 Å². The van der Waals surface area contributed by atoms with Crippen molar-refractivity contribution in [2.45, 2.75) is 116 Å². The molecule has 0 bridgehead atoms. The average Bonchev–Trinajstić information content (AvgIpc) is 3.48. The van der Waals surface area contributed by atoms with Gasteiger partial charge < -0.3 is 25.4 Å². The van der Waals surface area contributed by atoms with Crippen molar-refractivity contribution in [1.82, 2.24) is 30.4 Å². The Kier molecular flexibility index (Phi) is 14.3. The number of nitrogens with zero attached hydrogens (tertiary/aromatic N) is 4. The third-order valence-corrected chi connectivity index (χ3v) is 11.4. The SMILES string of the molecule is CC(=O)O[C@H](C[C@H](C(C)C)N(C)C(=O)[C@H](CC1CC1)NC(=O)[C@H]1CCCCN1C)c1nc(C(=O)N[C@@H](Cc2nccs2)C[C@H](C)C(=O)O)cs1. The molecule has 6 atom stereocenters. The number of ether oxygens (including phenoxy) is 1. The Morgan fingerprint density at radius 2 is 1.82 bits per heavy atom. The number of hydrogen-bond acceptors (Lipinski definition) is 11. The number of aliphatic carboxylic acids is 1. The van der Waals surface area contributed by atoms with Gasteiger partial charge in [-0.05, 0) is 51.1 Å². The minimum atomic E-state index is -0.954. The molecule has 276 valence electrons. The van der Waals surface area contributed by atoms with Crippen LogP contribution in [0.25, 0.3) is 0 Å². The Morgan fingerprint density at radius 3 is 2.42 bits per heavy atom. The number of esters is 1. The molecule has 0 radical (unpaired) electrons. The maximum absolute atomic E-state index is 14.1. The number of likely N-dealkylation sites (tertiary alicyclic amines) is 1. The average molecular weight is 733 g/mol. The Morgan fingerprint density at radius 1 is 1.08 bits per heavy atom. The van der Waals surface area contributed by atoms with E-state index in [-0.39, 0.29) is 48.4 Å². The molecule has 1 saturated carbocycles. The van der Waals surface area contributed by atoms with E-state index in [0.717, 1.165) is 43.7 Å². The van der Waals surface area contributed by atoms with Crippen molar-refractivity contribution in [2.24, 2.45) is 17.8 Å². The molecule has 0 spiro atoms. The number of hydrogen-bond donors (Lipinski definition) is 3. The quantitative estimate of drug-likeness (QED) is 0.188. The zero-order chi connectivity index (χ0) is 36.5. The number of thiazole rings is 2. The third kappa shape index (κ3) is 11.3. The molecule has 3 N–H and O–H groups in total. The molecule has 50 heavy (non-hydrogen) atoms. The molecule has 1 saturated heterocycles. The highest BCUT2D eigenvalue weighted by Gasteiger charge is 2.38. The zero-order valence-electron chi connectivity index (χ0n) is 29.9. The van der Waals surface area contributed by atoms with Gasteiger partial charge in [0.25, 0.3) is 5.91 Å². The van der Waals surface area contributed by atoms with Crippen LogP contribution in [0, 0.1) is 17.8 Å². The van der Waals surface area contributed by atoms with Gasteiger partial charge in [-0.15, -0.1) is 22.7 Å². The van der Waals surface area contributed by atoms with Gasteiger partial charge in [-0.2, -0.15) is 0 Å². The van der Waals surface area contributed by atoms with Gasteiger partial charge in [-0.25, -0.2) is 9.97 Å². The monoisotopic (exact) mass is 732 g/mol. The van der Waals surface area contributed by atoms with Crippen LogP contribution in [0.3, 0.4) is 0 Å². The highest BCUT2D eigenvalue weighted by Crippen LogP contribution is 2.35. The first-order valence-electron chi connectivity index (χ1n) is 17.5. The summed E-state index contributed by atoms with van der Waals surface area (Å²) in [4.78, 5) is 77.3. The summed E-state index contributed by atoms with van der Waals surface area (Å²) in [7, 11) is 3.68. The number of rotatable bonds is 18. The standard InChI is InChI=1S/C35H52N6O7S2/c1-20(2)28(41(6)34(45)25(16-23-10-11-23)38-32(44)27-9-7-8-13-40(27)5)18-29(48-22(4)42)33-39-26(19-50-33)31(43)37-24(15-21(3)35(46)47)17-30-36-12-14-49-30/h12,14,19-21,23-25,27-29H,7-11,13,15-18H2,1-6H3,(H,37,43)(H,38,44)(H,46,47)/t21-,24+,25-,27+,28+,29+/m0/s1. The fourth-order valence-corrected chi connectivity index (χ4v) is 8.11. The molecule has 2 fully saturated rings. The van der Waals surface area contributed by atoms with E-state index in [9.17, 15) is 29.1 Å². The molecule has 15 heteroatoms. The van der Waals surface area contributed by atoms with Crippen LogP contribution in [0.2, 0.25) is 0 Å². The lowest BCUT2D eigenvalue weighted by Gasteiger charge is -2.37. The molecular weight excluding hydrogens is 681 g/mol. The van der Waals surface area contributed by atoms with E-state index in [1.807, 2.05) is 26.3 Å². The predicted octanol–water partition coefficient (Wildman–Crippen LogP) is 4.30. The maximum atomic E-state index is 14.1. The molecule has 3 amide bonds. The van der Waals surface area contributed by atoms with Gasteiger partial charge in [-0.3, -0.25) is 28.9 Å². The second-order valence-electron chi connectivity index (χ2n) is 14.2. The van der Waals surface area contributed by atoms with Crippen molar-refractivity contribution in [3.63, 3.8) is 0 Å². The Hall–Kier alpha value is -3.43. The van der Waals surface area contributed by atoms with Gasteiger partial charge in [0, 0.05) is 55.9 Å². The van der Waals surface area contributed by atoms with Crippen molar-refractivity contribution in [3.05, 3.63) is 32.7 Å². The number of carbonyl (C=O) groups is 5. The van der Waals surface area contributed by atoms with Gasteiger partial charge in [0.15, 0.2) is 6.10 Å². The van der Waals surface area contributed by atoms with Crippen molar-refractivity contribution in [3.8, 4) is 0 Å². The molecular formula is C35H52N6O7S2. The molecule has 3 heterocycles. The number of carboxylic acids is 1. The molecule has 1 aliphatic carbocycles. The summed E-state index contributed by atoms with van der Waals surface area (Å²) in [5.74, 6) is -2.54. The van der Waals surface area contributed by atoms with E-state index < -0.39 is 42.0 Å². The van der Waals surface area contributed by atoms with Crippen LogP contribution in [0.1, 0.15) is 106 Å². The Balaban J connectivity index is 1.48. The highest BCUT2D eigenvalue weighted by atomic mass is 32.1. The number of likely N-dealkylation sites (N-methyl/N-ethyl adjacent to an activating group) is 2. The van der Waals surface area contributed by atoms with Gasteiger partial charge >= 0.3 is 11.9 Å². The van der Waals surface area contributed by atoms with Crippen LogP contribution in [-0.2, 0) is 30.3 Å².